The number of aromatic nitrogens is 3. The number of para-hydroxylation sites is 1. The number of hydrogen-bond acceptors (Lipinski definition) is 4. The van der Waals surface area contributed by atoms with E-state index >= 15 is 0 Å². The molecule has 1 aromatic carbocycles. The molecule has 0 saturated heterocycles. The fourth-order valence-electron chi connectivity index (χ4n) is 2.37. The Morgan fingerprint density at radius 1 is 1.26 bits per heavy atom. The number of thioether (sulfide) groups is 1. The summed E-state index contributed by atoms with van der Waals surface area (Å²) in [7, 11) is 0. The first-order valence-corrected chi connectivity index (χ1v) is 7.69. The smallest absolute Gasteiger partial charge is 0.201 e. The molecule has 0 atom stereocenters. The highest BCUT2D eigenvalue weighted by Gasteiger charge is 2.11. The predicted octanol–water partition coefficient (Wildman–Crippen LogP) is 2.92. The van der Waals surface area contributed by atoms with E-state index in [-0.39, 0.29) is 0 Å². The first-order valence-electron chi connectivity index (χ1n) is 6.29. The van der Waals surface area contributed by atoms with Crippen LogP contribution in [0.4, 0.5) is 5.95 Å². The molecule has 0 aliphatic rings. The molecular formula is C14H16N4S. The summed E-state index contributed by atoms with van der Waals surface area (Å²) in [6, 6.07) is 8.12. The van der Waals surface area contributed by atoms with E-state index in [4.69, 9.17) is 5.73 Å². The van der Waals surface area contributed by atoms with E-state index in [2.05, 4.69) is 26.9 Å². The normalized spacial score (nSPS) is 11.4. The second kappa shape index (κ2) is 5.09. The summed E-state index contributed by atoms with van der Waals surface area (Å²) in [4.78, 5) is 8.84. The monoisotopic (exact) mass is 272 g/mol. The highest BCUT2D eigenvalue weighted by atomic mass is 32.2. The first kappa shape index (κ1) is 12.3. The van der Waals surface area contributed by atoms with Gasteiger partial charge in [0.2, 0.25) is 5.95 Å². The number of nitrogen functional groups attached to an aromatic ring is 1. The Labute approximate surface area is 116 Å². The molecule has 5 heteroatoms. The van der Waals surface area contributed by atoms with E-state index < -0.39 is 0 Å². The molecule has 3 aromatic rings. The molecule has 19 heavy (non-hydrogen) atoms. The summed E-state index contributed by atoms with van der Waals surface area (Å²) in [6.45, 7) is 0.900. The molecular weight excluding hydrogens is 256 g/mol. The van der Waals surface area contributed by atoms with Crippen molar-refractivity contribution in [3.63, 3.8) is 0 Å². The summed E-state index contributed by atoms with van der Waals surface area (Å²) in [5.41, 5.74) is 9.01. The predicted molar refractivity (Wildman–Crippen MR) is 82.4 cm³/mol. The maximum absolute atomic E-state index is 6.04. The summed E-state index contributed by atoms with van der Waals surface area (Å²) in [5.74, 6) is 1.71. The van der Waals surface area contributed by atoms with Crippen LogP contribution in [0.3, 0.4) is 0 Å². The van der Waals surface area contributed by atoms with Gasteiger partial charge in [0.25, 0.3) is 0 Å². The van der Waals surface area contributed by atoms with Crippen molar-refractivity contribution < 1.29 is 0 Å². The van der Waals surface area contributed by atoms with Crippen LogP contribution in [0.25, 0.3) is 21.9 Å². The number of rotatable bonds is 4. The van der Waals surface area contributed by atoms with Gasteiger partial charge in [-0.15, -0.1) is 0 Å². The Morgan fingerprint density at radius 3 is 2.95 bits per heavy atom. The van der Waals surface area contributed by atoms with Gasteiger partial charge in [0.15, 0.2) is 0 Å². The molecule has 0 aliphatic carbocycles. The molecule has 0 aliphatic heterocycles. The van der Waals surface area contributed by atoms with Crippen molar-refractivity contribution in [1.82, 2.24) is 14.5 Å². The number of anilines is 1. The Balaban J connectivity index is 2.19. The first-order chi connectivity index (χ1) is 9.31. The maximum Gasteiger partial charge on any atom is 0.201 e. The second-order valence-electron chi connectivity index (χ2n) is 4.48. The van der Waals surface area contributed by atoms with Gasteiger partial charge < -0.3 is 10.3 Å². The standard InChI is InChI=1S/C14H16N4S/c1-19-8-4-7-18-13-10-5-2-3-6-11(10)16-9-12(13)17-14(18)15/h2-3,5-6,9H,4,7-8H2,1H3,(H2,15,17). The van der Waals surface area contributed by atoms with Crippen LogP contribution < -0.4 is 5.73 Å². The number of aryl methyl sites for hydroxylation is 1. The second-order valence-corrected chi connectivity index (χ2v) is 5.46. The van der Waals surface area contributed by atoms with Crippen LogP contribution in [0.2, 0.25) is 0 Å². The van der Waals surface area contributed by atoms with Gasteiger partial charge in [-0.05, 0) is 24.5 Å². The average molecular weight is 272 g/mol. The van der Waals surface area contributed by atoms with Crippen LogP contribution in [-0.4, -0.2) is 26.5 Å². The van der Waals surface area contributed by atoms with E-state index in [9.17, 15) is 0 Å². The number of imidazole rings is 1. The zero-order valence-corrected chi connectivity index (χ0v) is 11.7. The highest BCUT2D eigenvalue weighted by Crippen LogP contribution is 2.25. The molecule has 2 N–H and O–H groups in total. The van der Waals surface area contributed by atoms with Crippen molar-refractivity contribution in [2.75, 3.05) is 17.7 Å². The SMILES string of the molecule is CSCCCn1c(N)nc2cnc3ccccc3c21. The van der Waals surface area contributed by atoms with Gasteiger partial charge >= 0.3 is 0 Å². The largest absolute Gasteiger partial charge is 0.369 e. The van der Waals surface area contributed by atoms with E-state index in [1.807, 2.05) is 30.0 Å². The number of nitrogens with zero attached hydrogens (tertiary/aromatic N) is 3. The Kier molecular flexibility index (Phi) is 3.29. The quantitative estimate of drug-likeness (QED) is 0.742. The minimum atomic E-state index is 0.578. The summed E-state index contributed by atoms with van der Waals surface area (Å²) in [6.07, 6.45) is 5.02. The molecule has 0 saturated carbocycles. The third kappa shape index (κ3) is 2.14. The zero-order chi connectivity index (χ0) is 13.2. The third-order valence-electron chi connectivity index (χ3n) is 3.24. The molecule has 4 nitrogen and oxygen atoms in total. The number of pyridine rings is 1. The lowest BCUT2D eigenvalue weighted by molar-refractivity contribution is 0.714. The van der Waals surface area contributed by atoms with E-state index in [0.717, 1.165) is 40.7 Å². The lowest BCUT2D eigenvalue weighted by Crippen LogP contribution is -2.04. The van der Waals surface area contributed by atoms with E-state index in [0.29, 0.717) is 5.95 Å². The number of benzene rings is 1. The van der Waals surface area contributed by atoms with Crippen LogP contribution in [0, 0.1) is 0 Å². The zero-order valence-electron chi connectivity index (χ0n) is 10.8. The van der Waals surface area contributed by atoms with Gasteiger partial charge in [-0.2, -0.15) is 11.8 Å². The molecule has 0 amide bonds. The minimum Gasteiger partial charge on any atom is -0.369 e. The third-order valence-corrected chi connectivity index (χ3v) is 3.94. The van der Waals surface area contributed by atoms with Gasteiger partial charge in [0.1, 0.15) is 5.52 Å². The van der Waals surface area contributed by atoms with Crippen molar-refractivity contribution in [3.8, 4) is 0 Å². The van der Waals surface area contributed by atoms with E-state index in [1.54, 1.807) is 6.20 Å². The molecule has 2 aromatic heterocycles. The molecule has 0 bridgehead atoms. The number of nitrogens with two attached hydrogens (primary N) is 1. The number of hydrogen-bond donors (Lipinski definition) is 1. The van der Waals surface area contributed by atoms with Crippen LogP contribution in [0.1, 0.15) is 6.42 Å². The van der Waals surface area contributed by atoms with Gasteiger partial charge in [-0.3, -0.25) is 4.98 Å². The fourth-order valence-corrected chi connectivity index (χ4v) is 2.79. The molecule has 0 spiro atoms. The van der Waals surface area contributed by atoms with Crippen molar-refractivity contribution in [3.05, 3.63) is 30.5 Å². The fraction of sp³-hybridized carbons (Fsp3) is 0.286. The maximum atomic E-state index is 6.04. The van der Waals surface area contributed by atoms with Crippen molar-refractivity contribution >= 4 is 39.6 Å². The molecule has 98 valence electrons. The summed E-state index contributed by atoms with van der Waals surface area (Å²) in [5, 5.41) is 1.12. The van der Waals surface area contributed by atoms with Gasteiger partial charge in [0, 0.05) is 11.9 Å². The molecule has 0 fully saturated rings. The minimum absolute atomic E-state index is 0.578. The highest BCUT2D eigenvalue weighted by molar-refractivity contribution is 7.98. The van der Waals surface area contributed by atoms with E-state index in [1.165, 1.54) is 0 Å². The van der Waals surface area contributed by atoms with Gasteiger partial charge in [-0.25, -0.2) is 4.98 Å². The van der Waals surface area contributed by atoms with Gasteiger partial charge in [-0.1, -0.05) is 18.2 Å². The van der Waals surface area contributed by atoms with Crippen LogP contribution in [0.15, 0.2) is 30.5 Å². The average Bonchev–Trinajstić information content (AvgIpc) is 2.76. The lowest BCUT2D eigenvalue weighted by Gasteiger charge is -2.07. The van der Waals surface area contributed by atoms with Crippen LogP contribution >= 0.6 is 11.8 Å². The number of fused-ring (bicyclic) bond motifs is 3. The van der Waals surface area contributed by atoms with Crippen molar-refractivity contribution in [2.24, 2.45) is 0 Å². The molecule has 3 rings (SSSR count). The van der Waals surface area contributed by atoms with Crippen molar-refractivity contribution in [2.45, 2.75) is 13.0 Å². The van der Waals surface area contributed by atoms with Crippen LogP contribution in [-0.2, 0) is 6.54 Å². The Morgan fingerprint density at radius 2 is 2.11 bits per heavy atom. The Bertz CT molecular complexity index is 720. The lowest BCUT2D eigenvalue weighted by atomic mass is 10.2. The molecule has 0 unspecified atom stereocenters. The van der Waals surface area contributed by atoms with Crippen LogP contribution in [0.5, 0.6) is 0 Å². The van der Waals surface area contributed by atoms with Crippen molar-refractivity contribution in [1.29, 1.82) is 0 Å². The molecule has 2 heterocycles. The topological polar surface area (TPSA) is 56.7 Å². The summed E-state index contributed by atoms with van der Waals surface area (Å²) < 4.78 is 2.11. The Hall–Kier alpha value is -1.75. The molecule has 0 radical (unpaired) electrons. The van der Waals surface area contributed by atoms with Gasteiger partial charge in [0.05, 0.1) is 17.2 Å². The summed E-state index contributed by atoms with van der Waals surface area (Å²) >= 11 is 1.85.